The minimum absolute atomic E-state index is 0.526. The topological polar surface area (TPSA) is 0 Å². The second-order valence-electron chi connectivity index (χ2n) is 3.51. The van der Waals surface area contributed by atoms with Crippen molar-refractivity contribution < 1.29 is 0 Å². The van der Waals surface area contributed by atoms with Crippen molar-refractivity contribution in [3.05, 3.63) is 12.7 Å². The summed E-state index contributed by atoms with van der Waals surface area (Å²) < 4.78 is 1.53. The summed E-state index contributed by atoms with van der Waals surface area (Å²) in [6.45, 7) is 6.32. The summed E-state index contributed by atoms with van der Waals surface area (Å²) >= 11 is 2.20. The van der Waals surface area contributed by atoms with E-state index in [1.54, 1.807) is 0 Å². The maximum Gasteiger partial charge on any atom is 0.169 e. The maximum atomic E-state index is 3.94. The highest BCUT2D eigenvalue weighted by molar-refractivity contribution is 8.17. The van der Waals surface area contributed by atoms with Gasteiger partial charge in [-0.25, -0.2) is 0 Å². The molecule has 0 N–H and O–H groups in total. The van der Waals surface area contributed by atoms with Gasteiger partial charge in [0.2, 0.25) is 0 Å². The molecule has 11 heavy (non-hydrogen) atoms. The first-order valence-corrected chi connectivity index (χ1v) is 6.72. The fourth-order valence-electron chi connectivity index (χ4n) is 1.86. The minimum Gasteiger partial charge on any atom is -0.105 e. The Balaban J connectivity index is 2.06. The molecule has 2 heteroatoms. The molecule has 0 aromatic carbocycles. The molecule has 3 unspecified atom stereocenters. The van der Waals surface area contributed by atoms with Crippen LogP contribution in [0.2, 0.25) is 0 Å². The van der Waals surface area contributed by atoms with Crippen LogP contribution in [0.3, 0.4) is 0 Å². The Bertz CT molecular complexity index is 178. The highest BCUT2D eigenvalue weighted by atomic mass is 32.2. The molecule has 2 aliphatic heterocycles. The first-order chi connectivity index (χ1) is 5.26. The third kappa shape index (κ3) is 1.15. The van der Waals surface area contributed by atoms with Crippen molar-refractivity contribution in [2.45, 2.75) is 29.1 Å². The Kier molecular flexibility index (Phi) is 2.00. The van der Waals surface area contributed by atoms with Crippen LogP contribution in [0.5, 0.6) is 0 Å². The van der Waals surface area contributed by atoms with Crippen molar-refractivity contribution in [2.75, 3.05) is 11.5 Å². The van der Waals surface area contributed by atoms with Gasteiger partial charge in [0.25, 0.3) is 0 Å². The molecule has 0 amide bonds. The van der Waals surface area contributed by atoms with Crippen LogP contribution in [0, 0.1) is 0 Å². The monoisotopic (exact) mass is 187 g/mol. The van der Waals surface area contributed by atoms with E-state index in [4.69, 9.17) is 0 Å². The predicted octanol–water partition coefficient (Wildman–Crippen LogP) is 2.42. The molecule has 0 nitrogen and oxygen atoms in total. The minimum atomic E-state index is 0.526. The van der Waals surface area contributed by atoms with Crippen LogP contribution in [0.1, 0.15) is 19.8 Å². The van der Waals surface area contributed by atoms with Crippen LogP contribution in [0.15, 0.2) is 12.7 Å². The lowest BCUT2D eigenvalue weighted by atomic mass is 10.1. The van der Waals surface area contributed by atoms with Gasteiger partial charge in [0, 0.05) is 23.1 Å². The quantitative estimate of drug-likeness (QED) is 0.449. The number of thioether (sulfide) groups is 1. The van der Waals surface area contributed by atoms with Crippen LogP contribution < -0.4 is 0 Å². The molecule has 0 bridgehead atoms. The first-order valence-electron chi connectivity index (χ1n) is 4.21. The average Bonchev–Trinajstić information content (AvgIpc) is 2.02. The molecule has 0 aromatic rings. The standard InChI is InChI=1S/C9H15S2/c1-3-9(2)7-8-10-5-4-6-11(8)9/h3,8H,1,4-7H2,2H3/q+1. The van der Waals surface area contributed by atoms with Crippen LogP contribution >= 0.6 is 11.8 Å². The summed E-state index contributed by atoms with van der Waals surface area (Å²) in [7, 11) is 0.687. The van der Waals surface area contributed by atoms with E-state index in [-0.39, 0.29) is 0 Å². The molecule has 3 atom stereocenters. The Hall–Kier alpha value is 0.440. The molecule has 2 rings (SSSR count). The van der Waals surface area contributed by atoms with E-state index >= 15 is 0 Å². The molecule has 62 valence electrons. The van der Waals surface area contributed by atoms with E-state index < -0.39 is 0 Å². The Morgan fingerprint density at radius 1 is 1.73 bits per heavy atom. The average molecular weight is 187 g/mol. The SMILES string of the molecule is C=CC1(C)CC2SCCC[S+]21. The third-order valence-electron chi connectivity index (χ3n) is 2.73. The van der Waals surface area contributed by atoms with Gasteiger partial charge in [0.15, 0.2) is 4.58 Å². The molecular formula is C9H15S2+. The number of rotatable bonds is 1. The lowest BCUT2D eigenvalue weighted by Crippen LogP contribution is -2.55. The normalized spacial score (nSPS) is 49.2. The van der Waals surface area contributed by atoms with Gasteiger partial charge in [0.05, 0.1) is 6.42 Å². The van der Waals surface area contributed by atoms with Crippen LogP contribution in [-0.4, -0.2) is 20.8 Å². The number of fused-ring (bicyclic) bond motifs is 1. The van der Waals surface area contributed by atoms with Gasteiger partial charge in [-0.15, -0.1) is 11.8 Å². The van der Waals surface area contributed by atoms with Gasteiger partial charge in [-0.3, -0.25) is 0 Å². The van der Waals surface area contributed by atoms with Crippen LogP contribution in [-0.2, 0) is 10.9 Å². The second kappa shape index (κ2) is 2.74. The lowest BCUT2D eigenvalue weighted by Gasteiger charge is -2.44. The van der Waals surface area contributed by atoms with Gasteiger partial charge in [-0.05, 0) is 13.0 Å². The summed E-state index contributed by atoms with van der Waals surface area (Å²) in [6, 6.07) is 0. The van der Waals surface area contributed by atoms with E-state index in [9.17, 15) is 0 Å². The summed E-state index contributed by atoms with van der Waals surface area (Å²) in [5.41, 5.74) is 0. The predicted molar refractivity (Wildman–Crippen MR) is 56.3 cm³/mol. The Morgan fingerprint density at radius 3 is 3.18 bits per heavy atom. The summed E-state index contributed by atoms with van der Waals surface area (Å²) in [5.74, 6) is 2.88. The first kappa shape index (κ1) is 8.06. The second-order valence-corrected chi connectivity index (χ2v) is 7.88. The van der Waals surface area contributed by atoms with Crippen molar-refractivity contribution in [1.82, 2.24) is 0 Å². The zero-order chi connectivity index (χ0) is 7.90. The van der Waals surface area contributed by atoms with Gasteiger partial charge in [-0.2, -0.15) is 0 Å². The fraction of sp³-hybridized carbons (Fsp3) is 0.778. The molecule has 2 saturated heterocycles. The van der Waals surface area contributed by atoms with Crippen molar-refractivity contribution in [1.29, 1.82) is 0 Å². The molecule has 0 saturated carbocycles. The third-order valence-corrected chi connectivity index (χ3v) is 7.96. The van der Waals surface area contributed by atoms with E-state index in [0.717, 1.165) is 4.58 Å². The number of hydrogen-bond donors (Lipinski definition) is 0. The molecule has 0 aromatic heterocycles. The molecule has 0 radical (unpaired) electrons. The Labute approximate surface area is 76.2 Å². The van der Waals surface area contributed by atoms with E-state index in [2.05, 4.69) is 31.3 Å². The van der Waals surface area contributed by atoms with Gasteiger partial charge < -0.3 is 0 Å². The zero-order valence-electron chi connectivity index (χ0n) is 7.01. The fourth-order valence-corrected chi connectivity index (χ4v) is 7.71. The summed E-state index contributed by atoms with van der Waals surface area (Å²) in [4.78, 5) is 0. The lowest BCUT2D eigenvalue weighted by molar-refractivity contribution is 0.665. The van der Waals surface area contributed by atoms with Gasteiger partial charge in [-0.1, -0.05) is 6.58 Å². The van der Waals surface area contributed by atoms with Gasteiger partial charge >= 0.3 is 0 Å². The highest BCUT2D eigenvalue weighted by Crippen LogP contribution is 2.50. The molecule has 0 spiro atoms. The van der Waals surface area contributed by atoms with Crippen molar-refractivity contribution >= 4 is 22.7 Å². The Morgan fingerprint density at radius 2 is 2.55 bits per heavy atom. The maximum absolute atomic E-state index is 3.94. The van der Waals surface area contributed by atoms with E-state index in [1.165, 1.54) is 24.3 Å². The zero-order valence-corrected chi connectivity index (χ0v) is 8.64. The van der Waals surface area contributed by atoms with Crippen LogP contribution in [0.25, 0.3) is 0 Å². The molecule has 2 aliphatic rings. The van der Waals surface area contributed by atoms with Crippen molar-refractivity contribution in [3.63, 3.8) is 0 Å². The largest absolute Gasteiger partial charge is 0.169 e. The summed E-state index contributed by atoms with van der Waals surface area (Å²) in [5, 5.41) is 0. The van der Waals surface area contributed by atoms with Gasteiger partial charge in [0.1, 0.15) is 10.5 Å². The molecular weight excluding hydrogens is 172 g/mol. The molecule has 0 aliphatic carbocycles. The van der Waals surface area contributed by atoms with Crippen molar-refractivity contribution in [3.8, 4) is 0 Å². The van der Waals surface area contributed by atoms with E-state index in [0.29, 0.717) is 15.6 Å². The number of hydrogen-bond acceptors (Lipinski definition) is 1. The molecule has 2 fully saturated rings. The van der Waals surface area contributed by atoms with Crippen LogP contribution in [0.4, 0.5) is 0 Å². The molecule has 2 heterocycles. The smallest absolute Gasteiger partial charge is 0.105 e. The highest BCUT2D eigenvalue weighted by Gasteiger charge is 2.59. The van der Waals surface area contributed by atoms with Crippen molar-refractivity contribution in [2.24, 2.45) is 0 Å². The van der Waals surface area contributed by atoms with E-state index in [1.807, 2.05) is 0 Å². The summed E-state index contributed by atoms with van der Waals surface area (Å²) in [6.07, 6.45) is 5.02.